The fourth-order valence-corrected chi connectivity index (χ4v) is 1.91. The number of nitrogens with zero attached hydrogens (tertiary/aromatic N) is 1. The molecule has 0 unspecified atom stereocenters. The predicted octanol–water partition coefficient (Wildman–Crippen LogP) is 2.54. The van der Waals surface area contributed by atoms with Crippen LogP contribution in [0.4, 0.5) is 0 Å². The number of nitrogens with one attached hydrogen (secondary N) is 1. The molecule has 2 aromatic rings. The molecule has 0 heterocycles. The number of phenols is 1. The average molecular weight is 298 g/mol. The van der Waals surface area contributed by atoms with Crippen molar-refractivity contribution in [1.82, 2.24) is 5.43 Å². The molecular weight excluding hydrogens is 280 g/mol. The number of rotatable bonds is 5. The molecule has 2 rings (SSSR count). The average Bonchev–Trinajstić information content (AvgIpc) is 2.48. The normalized spacial score (nSPS) is 10.6. The SMILES string of the molecule is Cc1ccc(OCC(=O)N/N=C\c2ccccc2O)c(C)c1. The van der Waals surface area contributed by atoms with Crippen LogP contribution < -0.4 is 10.2 Å². The first-order valence-corrected chi connectivity index (χ1v) is 6.86. The number of hydrazone groups is 1. The van der Waals surface area contributed by atoms with Crippen LogP contribution in [0.25, 0.3) is 0 Å². The first kappa shape index (κ1) is 15.6. The van der Waals surface area contributed by atoms with Crippen LogP contribution in [-0.2, 0) is 4.79 Å². The summed E-state index contributed by atoms with van der Waals surface area (Å²) in [4.78, 5) is 11.7. The van der Waals surface area contributed by atoms with Crippen molar-refractivity contribution < 1.29 is 14.6 Å². The van der Waals surface area contributed by atoms with E-state index in [0.717, 1.165) is 11.1 Å². The highest BCUT2D eigenvalue weighted by molar-refractivity contribution is 5.85. The zero-order valence-electron chi connectivity index (χ0n) is 12.5. The van der Waals surface area contributed by atoms with Crippen LogP contribution in [0.2, 0.25) is 0 Å². The van der Waals surface area contributed by atoms with Gasteiger partial charge in [0.1, 0.15) is 11.5 Å². The summed E-state index contributed by atoms with van der Waals surface area (Å²) in [5.41, 5.74) is 5.00. The van der Waals surface area contributed by atoms with Crippen molar-refractivity contribution in [3.05, 3.63) is 59.2 Å². The van der Waals surface area contributed by atoms with E-state index in [0.29, 0.717) is 11.3 Å². The van der Waals surface area contributed by atoms with E-state index < -0.39 is 0 Å². The molecule has 0 aromatic heterocycles. The molecule has 2 N–H and O–H groups in total. The van der Waals surface area contributed by atoms with Gasteiger partial charge < -0.3 is 9.84 Å². The Bertz CT molecular complexity index is 696. The van der Waals surface area contributed by atoms with Crippen molar-refractivity contribution in [2.75, 3.05) is 6.61 Å². The quantitative estimate of drug-likeness (QED) is 0.658. The van der Waals surface area contributed by atoms with Crippen molar-refractivity contribution in [2.45, 2.75) is 13.8 Å². The van der Waals surface area contributed by atoms with E-state index in [1.54, 1.807) is 24.3 Å². The highest BCUT2D eigenvalue weighted by Gasteiger charge is 2.04. The largest absolute Gasteiger partial charge is 0.507 e. The molecule has 5 nitrogen and oxygen atoms in total. The van der Waals surface area contributed by atoms with E-state index in [-0.39, 0.29) is 18.3 Å². The van der Waals surface area contributed by atoms with Crippen LogP contribution in [0.3, 0.4) is 0 Å². The van der Waals surface area contributed by atoms with Crippen LogP contribution in [0.15, 0.2) is 47.6 Å². The number of benzene rings is 2. The molecule has 0 radical (unpaired) electrons. The molecule has 0 bridgehead atoms. The number of carbonyl (C=O) groups is 1. The summed E-state index contributed by atoms with van der Waals surface area (Å²) in [6.07, 6.45) is 1.38. The number of aromatic hydroxyl groups is 1. The van der Waals surface area contributed by atoms with E-state index >= 15 is 0 Å². The number of aryl methyl sites for hydroxylation is 2. The maximum absolute atomic E-state index is 11.7. The lowest BCUT2D eigenvalue weighted by atomic mass is 10.1. The van der Waals surface area contributed by atoms with Gasteiger partial charge in [-0.25, -0.2) is 5.43 Å². The zero-order valence-corrected chi connectivity index (χ0v) is 12.5. The van der Waals surface area contributed by atoms with Crippen molar-refractivity contribution in [3.63, 3.8) is 0 Å². The second-order valence-electron chi connectivity index (χ2n) is 4.91. The molecule has 0 fully saturated rings. The number of phenolic OH excluding ortho intramolecular Hbond substituents is 1. The van der Waals surface area contributed by atoms with Gasteiger partial charge in [-0.05, 0) is 37.6 Å². The molecule has 0 aliphatic heterocycles. The molecule has 0 spiro atoms. The predicted molar refractivity (Wildman–Crippen MR) is 85.3 cm³/mol. The lowest BCUT2D eigenvalue weighted by molar-refractivity contribution is -0.123. The molecule has 114 valence electrons. The van der Waals surface area contributed by atoms with Crippen molar-refractivity contribution in [2.24, 2.45) is 5.10 Å². The summed E-state index contributed by atoms with van der Waals surface area (Å²) in [6.45, 7) is 3.80. The lowest BCUT2D eigenvalue weighted by Crippen LogP contribution is -2.24. The van der Waals surface area contributed by atoms with E-state index in [2.05, 4.69) is 10.5 Å². The van der Waals surface area contributed by atoms with Crippen LogP contribution in [-0.4, -0.2) is 23.8 Å². The van der Waals surface area contributed by atoms with Gasteiger partial charge in [-0.15, -0.1) is 0 Å². The Morgan fingerprint density at radius 2 is 2.05 bits per heavy atom. The van der Waals surface area contributed by atoms with Crippen molar-refractivity contribution in [1.29, 1.82) is 0 Å². The van der Waals surface area contributed by atoms with Gasteiger partial charge in [-0.2, -0.15) is 5.10 Å². The second-order valence-corrected chi connectivity index (χ2v) is 4.91. The van der Waals surface area contributed by atoms with E-state index in [4.69, 9.17) is 4.74 Å². The Morgan fingerprint density at radius 3 is 2.77 bits per heavy atom. The summed E-state index contributed by atoms with van der Waals surface area (Å²) < 4.78 is 5.44. The van der Waals surface area contributed by atoms with Gasteiger partial charge in [0.25, 0.3) is 5.91 Å². The number of hydrogen-bond acceptors (Lipinski definition) is 4. The van der Waals surface area contributed by atoms with Crippen LogP contribution in [0.5, 0.6) is 11.5 Å². The maximum Gasteiger partial charge on any atom is 0.277 e. The number of carbonyl (C=O) groups excluding carboxylic acids is 1. The van der Waals surface area contributed by atoms with Crippen LogP contribution in [0.1, 0.15) is 16.7 Å². The Hall–Kier alpha value is -2.82. The third kappa shape index (κ3) is 4.34. The zero-order chi connectivity index (χ0) is 15.9. The van der Waals surface area contributed by atoms with Gasteiger partial charge in [0.05, 0.1) is 6.21 Å². The monoisotopic (exact) mass is 298 g/mol. The first-order valence-electron chi connectivity index (χ1n) is 6.86. The molecule has 0 atom stereocenters. The van der Waals surface area contributed by atoms with Crippen molar-refractivity contribution >= 4 is 12.1 Å². The molecule has 1 amide bonds. The van der Waals surface area contributed by atoms with Gasteiger partial charge >= 0.3 is 0 Å². The number of amides is 1. The molecule has 22 heavy (non-hydrogen) atoms. The standard InChI is InChI=1S/C17H18N2O3/c1-12-7-8-16(13(2)9-12)22-11-17(21)19-18-10-14-5-3-4-6-15(14)20/h3-10,20H,11H2,1-2H3,(H,19,21)/b18-10-. The Balaban J connectivity index is 1.84. The molecule has 5 heteroatoms. The van der Waals surface area contributed by atoms with E-state index in [9.17, 15) is 9.90 Å². The summed E-state index contributed by atoms with van der Waals surface area (Å²) in [5.74, 6) is 0.407. The van der Waals surface area contributed by atoms with Gasteiger partial charge in [-0.1, -0.05) is 29.8 Å². The van der Waals surface area contributed by atoms with E-state index in [1.165, 1.54) is 6.21 Å². The summed E-state index contributed by atoms with van der Waals surface area (Å²) >= 11 is 0. The Kier molecular flexibility index (Phi) is 5.14. The van der Waals surface area contributed by atoms with Gasteiger partial charge in [0, 0.05) is 5.56 Å². The molecule has 0 aliphatic rings. The minimum atomic E-state index is -0.369. The highest BCUT2D eigenvalue weighted by Crippen LogP contribution is 2.18. The second kappa shape index (κ2) is 7.26. The molecule has 2 aromatic carbocycles. The molecule has 0 saturated carbocycles. The van der Waals surface area contributed by atoms with Crippen LogP contribution in [0, 0.1) is 13.8 Å². The topological polar surface area (TPSA) is 70.9 Å². The fourth-order valence-electron chi connectivity index (χ4n) is 1.91. The summed E-state index contributed by atoms with van der Waals surface area (Å²) in [6, 6.07) is 12.5. The molecule has 0 saturated heterocycles. The first-order chi connectivity index (χ1) is 10.6. The molecular formula is C17H18N2O3. The third-order valence-electron chi connectivity index (χ3n) is 3.02. The van der Waals surface area contributed by atoms with Crippen molar-refractivity contribution in [3.8, 4) is 11.5 Å². The third-order valence-corrected chi connectivity index (χ3v) is 3.02. The number of hydrogen-bond donors (Lipinski definition) is 2. The fraction of sp³-hybridized carbons (Fsp3) is 0.176. The lowest BCUT2D eigenvalue weighted by Gasteiger charge is -2.08. The minimum Gasteiger partial charge on any atom is -0.507 e. The van der Waals surface area contributed by atoms with E-state index in [1.807, 2.05) is 32.0 Å². The van der Waals surface area contributed by atoms with Gasteiger partial charge in [0.2, 0.25) is 0 Å². The smallest absolute Gasteiger partial charge is 0.277 e. The molecule has 0 aliphatic carbocycles. The summed E-state index contributed by atoms with van der Waals surface area (Å²) in [7, 11) is 0. The van der Waals surface area contributed by atoms with Gasteiger partial charge in [-0.3, -0.25) is 4.79 Å². The number of para-hydroxylation sites is 1. The van der Waals surface area contributed by atoms with Gasteiger partial charge in [0.15, 0.2) is 6.61 Å². The number of ether oxygens (including phenoxy) is 1. The Morgan fingerprint density at radius 1 is 1.27 bits per heavy atom. The highest BCUT2D eigenvalue weighted by atomic mass is 16.5. The Labute approximate surface area is 129 Å². The minimum absolute atomic E-state index is 0.104. The maximum atomic E-state index is 11.7. The van der Waals surface area contributed by atoms with Crippen LogP contribution >= 0.6 is 0 Å². The summed E-state index contributed by atoms with van der Waals surface area (Å²) in [5, 5.41) is 13.3.